The fourth-order valence-electron chi connectivity index (χ4n) is 3.81. The van der Waals surface area contributed by atoms with Gasteiger partial charge in [0.2, 0.25) is 0 Å². The SMILES string of the molecule is CCNC(=NCCc1csc(N2CCCC2)n1)NCCc1ccc2c(c1)CCO2.I. The summed E-state index contributed by atoms with van der Waals surface area (Å²) in [5, 5.41) is 10.1. The first kappa shape index (κ1) is 23.1. The molecule has 1 aromatic carbocycles. The van der Waals surface area contributed by atoms with E-state index in [-0.39, 0.29) is 24.0 Å². The zero-order valence-electron chi connectivity index (χ0n) is 17.7. The number of aliphatic imine (C=N–C) groups is 1. The van der Waals surface area contributed by atoms with Gasteiger partial charge >= 0.3 is 0 Å². The zero-order chi connectivity index (χ0) is 19.9. The molecule has 30 heavy (non-hydrogen) atoms. The number of fused-ring (bicyclic) bond motifs is 1. The third kappa shape index (κ3) is 6.23. The molecule has 2 aliphatic heterocycles. The van der Waals surface area contributed by atoms with E-state index in [1.807, 2.05) is 0 Å². The number of hydrogen-bond acceptors (Lipinski definition) is 5. The van der Waals surface area contributed by atoms with E-state index in [9.17, 15) is 0 Å². The Hall–Kier alpha value is -1.55. The Labute approximate surface area is 200 Å². The molecule has 0 amide bonds. The van der Waals surface area contributed by atoms with Crippen LogP contribution in [0.5, 0.6) is 5.75 Å². The largest absolute Gasteiger partial charge is 0.493 e. The number of anilines is 1. The number of benzene rings is 1. The van der Waals surface area contributed by atoms with Crippen molar-refractivity contribution in [3.63, 3.8) is 0 Å². The van der Waals surface area contributed by atoms with Crippen molar-refractivity contribution in [1.29, 1.82) is 0 Å². The van der Waals surface area contributed by atoms with Crippen LogP contribution in [0.2, 0.25) is 0 Å². The number of nitrogens with one attached hydrogen (secondary N) is 2. The second kappa shape index (κ2) is 11.7. The highest BCUT2D eigenvalue weighted by Crippen LogP contribution is 2.26. The topological polar surface area (TPSA) is 61.8 Å². The first-order valence-corrected chi connectivity index (χ1v) is 11.7. The van der Waals surface area contributed by atoms with Crippen molar-refractivity contribution in [3.8, 4) is 5.75 Å². The van der Waals surface area contributed by atoms with Crippen molar-refractivity contribution in [1.82, 2.24) is 15.6 Å². The molecule has 0 bridgehead atoms. The van der Waals surface area contributed by atoms with Gasteiger partial charge in [0.1, 0.15) is 5.75 Å². The molecular formula is C22H32IN5OS. The minimum Gasteiger partial charge on any atom is -0.493 e. The van der Waals surface area contributed by atoms with Crippen LogP contribution in [0.1, 0.15) is 36.6 Å². The number of ether oxygens (including phenoxy) is 1. The molecule has 1 aromatic heterocycles. The molecule has 0 atom stereocenters. The first-order valence-electron chi connectivity index (χ1n) is 10.8. The van der Waals surface area contributed by atoms with Gasteiger partial charge in [-0.05, 0) is 43.4 Å². The predicted octanol–water partition coefficient (Wildman–Crippen LogP) is 3.64. The van der Waals surface area contributed by atoms with Gasteiger partial charge in [-0.15, -0.1) is 35.3 Å². The van der Waals surface area contributed by atoms with E-state index in [0.717, 1.165) is 76.0 Å². The molecule has 0 spiro atoms. The summed E-state index contributed by atoms with van der Waals surface area (Å²) < 4.78 is 5.59. The molecule has 0 aliphatic carbocycles. The van der Waals surface area contributed by atoms with E-state index in [2.05, 4.69) is 46.0 Å². The van der Waals surface area contributed by atoms with Crippen molar-refractivity contribution >= 4 is 46.4 Å². The van der Waals surface area contributed by atoms with Crippen LogP contribution in [0.4, 0.5) is 5.13 Å². The van der Waals surface area contributed by atoms with Crippen LogP contribution in [-0.2, 0) is 19.3 Å². The maximum Gasteiger partial charge on any atom is 0.191 e. The number of halogens is 1. The van der Waals surface area contributed by atoms with Gasteiger partial charge in [-0.1, -0.05) is 12.1 Å². The number of rotatable bonds is 8. The second-order valence-electron chi connectivity index (χ2n) is 7.54. The number of guanidine groups is 1. The van der Waals surface area contributed by atoms with Crippen molar-refractivity contribution in [2.75, 3.05) is 44.2 Å². The van der Waals surface area contributed by atoms with E-state index in [1.165, 1.54) is 29.1 Å². The minimum absolute atomic E-state index is 0. The van der Waals surface area contributed by atoms with Crippen LogP contribution in [0.3, 0.4) is 0 Å². The van der Waals surface area contributed by atoms with Gasteiger partial charge in [0.25, 0.3) is 0 Å². The summed E-state index contributed by atoms with van der Waals surface area (Å²) in [4.78, 5) is 11.9. The summed E-state index contributed by atoms with van der Waals surface area (Å²) in [7, 11) is 0. The average molecular weight is 542 g/mol. The molecule has 1 fully saturated rings. The third-order valence-corrected chi connectivity index (χ3v) is 6.31. The van der Waals surface area contributed by atoms with Crippen LogP contribution in [0.25, 0.3) is 0 Å². The smallest absolute Gasteiger partial charge is 0.191 e. The van der Waals surface area contributed by atoms with Crippen molar-refractivity contribution < 1.29 is 4.74 Å². The maximum atomic E-state index is 5.59. The molecule has 0 radical (unpaired) electrons. The zero-order valence-corrected chi connectivity index (χ0v) is 20.8. The highest BCUT2D eigenvalue weighted by atomic mass is 127. The molecular weight excluding hydrogens is 509 g/mol. The fourth-order valence-corrected chi connectivity index (χ4v) is 4.72. The van der Waals surface area contributed by atoms with Crippen molar-refractivity contribution in [2.45, 2.75) is 39.0 Å². The number of nitrogens with zero attached hydrogens (tertiary/aromatic N) is 3. The molecule has 2 aliphatic rings. The maximum absolute atomic E-state index is 5.59. The number of hydrogen-bond donors (Lipinski definition) is 2. The minimum atomic E-state index is 0. The lowest BCUT2D eigenvalue weighted by Gasteiger charge is -2.12. The molecule has 3 heterocycles. The molecule has 6 nitrogen and oxygen atoms in total. The molecule has 164 valence electrons. The average Bonchev–Trinajstić information content (AvgIpc) is 3.48. The summed E-state index contributed by atoms with van der Waals surface area (Å²) in [5.41, 5.74) is 3.83. The molecule has 2 aromatic rings. The molecule has 0 saturated carbocycles. The van der Waals surface area contributed by atoms with Crippen LogP contribution in [0.15, 0.2) is 28.6 Å². The van der Waals surface area contributed by atoms with E-state index in [4.69, 9.17) is 14.7 Å². The van der Waals surface area contributed by atoms with Crippen LogP contribution >= 0.6 is 35.3 Å². The Morgan fingerprint density at radius 1 is 1.23 bits per heavy atom. The molecule has 8 heteroatoms. The van der Waals surface area contributed by atoms with Gasteiger partial charge in [-0.3, -0.25) is 4.99 Å². The lowest BCUT2D eigenvalue weighted by atomic mass is 10.1. The van der Waals surface area contributed by atoms with Crippen LogP contribution in [-0.4, -0.2) is 50.3 Å². The van der Waals surface area contributed by atoms with Gasteiger partial charge in [0.15, 0.2) is 11.1 Å². The first-order chi connectivity index (χ1) is 14.3. The van der Waals surface area contributed by atoms with Gasteiger partial charge in [-0.2, -0.15) is 0 Å². The second-order valence-corrected chi connectivity index (χ2v) is 8.38. The van der Waals surface area contributed by atoms with Gasteiger partial charge in [-0.25, -0.2) is 4.98 Å². The Morgan fingerprint density at radius 2 is 2.10 bits per heavy atom. The van der Waals surface area contributed by atoms with Crippen LogP contribution in [0, 0.1) is 0 Å². The summed E-state index contributed by atoms with van der Waals surface area (Å²) in [6.45, 7) is 7.68. The summed E-state index contributed by atoms with van der Waals surface area (Å²) in [6, 6.07) is 6.53. The highest BCUT2D eigenvalue weighted by Gasteiger charge is 2.15. The third-order valence-electron chi connectivity index (χ3n) is 5.36. The Morgan fingerprint density at radius 3 is 2.93 bits per heavy atom. The van der Waals surface area contributed by atoms with Gasteiger partial charge < -0.3 is 20.3 Å². The quantitative estimate of drug-likeness (QED) is 0.304. The lowest BCUT2D eigenvalue weighted by Crippen LogP contribution is -2.38. The van der Waals surface area contributed by atoms with E-state index >= 15 is 0 Å². The molecule has 4 rings (SSSR count). The normalized spacial score (nSPS) is 15.5. The Bertz CT molecular complexity index is 835. The predicted molar refractivity (Wildman–Crippen MR) is 136 cm³/mol. The monoisotopic (exact) mass is 541 g/mol. The molecule has 1 saturated heterocycles. The lowest BCUT2D eigenvalue weighted by molar-refractivity contribution is 0.357. The van der Waals surface area contributed by atoms with E-state index in [0.29, 0.717) is 0 Å². The Kier molecular flexibility index (Phi) is 9.05. The van der Waals surface area contributed by atoms with E-state index in [1.54, 1.807) is 11.3 Å². The molecule has 2 N–H and O–H groups in total. The standard InChI is InChI=1S/C22H31N5OS.HI/c1-2-23-21(24-10-7-17-5-6-20-18(15-17)9-14-28-20)25-11-8-19-16-29-22(26-19)27-12-3-4-13-27;/h5-6,15-16H,2-4,7-14H2,1H3,(H2,23,24,25);1H. The fraction of sp³-hybridized carbons (Fsp3) is 0.545. The number of aromatic nitrogens is 1. The molecule has 0 unspecified atom stereocenters. The highest BCUT2D eigenvalue weighted by molar-refractivity contribution is 14.0. The van der Waals surface area contributed by atoms with Crippen molar-refractivity contribution in [3.05, 3.63) is 40.4 Å². The summed E-state index contributed by atoms with van der Waals surface area (Å²) >= 11 is 1.76. The van der Waals surface area contributed by atoms with Gasteiger partial charge in [0, 0.05) is 50.9 Å². The van der Waals surface area contributed by atoms with Gasteiger partial charge in [0.05, 0.1) is 12.3 Å². The summed E-state index contributed by atoms with van der Waals surface area (Å²) in [5.74, 6) is 1.93. The van der Waals surface area contributed by atoms with Crippen molar-refractivity contribution in [2.24, 2.45) is 4.99 Å². The number of thiazole rings is 1. The summed E-state index contributed by atoms with van der Waals surface area (Å²) in [6.07, 6.45) is 5.46. The van der Waals surface area contributed by atoms with E-state index < -0.39 is 0 Å². The van der Waals surface area contributed by atoms with Crippen LogP contribution < -0.4 is 20.3 Å². The Balaban J connectivity index is 0.00000256.